The second kappa shape index (κ2) is 12.1. The largest absolute Gasteiger partial charge is 0.481 e. The minimum absolute atomic E-state index is 0.0520. The number of nitrogens with one attached hydrogen (secondary N) is 2. The third-order valence-electron chi connectivity index (χ3n) is 5.51. The Kier molecular flexibility index (Phi) is 9.51. The van der Waals surface area contributed by atoms with Gasteiger partial charge in [0, 0.05) is 13.0 Å². The summed E-state index contributed by atoms with van der Waals surface area (Å²) < 4.78 is 0. The topological polar surface area (TPSA) is 199 Å². The predicted molar refractivity (Wildman–Crippen MR) is 118 cm³/mol. The molecule has 3 amide bonds. The number of carbonyl (C=O) groups is 5. The van der Waals surface area contributed by atoms with E-state index in [9.17, 15) is 34.2 Å². The Labute approximate surface area is 196 Å². The van der Waals surface area contributed by atoms with Crippen molar-refractivity contribution in [1.29, 1.82) is 0 Å². The van der Waals surface area contributed by atoms with Crippen LogP contribution in [-0.4, -0.2) is 86.7 Å². The molecule has 7 N–H and O–H groups in total. The summed E-state index contributed by atoms with van der Waals surface area (Å²) in [5, 5.41) is 33.1. The summed E-state index contributed by atoms with van der Waals surface area (Å²) in [6.45, 7) is 1.42. The summed E-state index contributed by atoms with van der Waals surface area (Å²) in [6.07, 6.45) is -1.24. The van der Waals surface area contributed by atoms with Gasteiger partial charge in [0.05, 0.1) is 18.6 Å². The lowest BCUT2D eigenvalue weighted by Gasteiger charge is -2.31. The number of likely N-dealkylation sites (tertiary alicyclic amines) is 1. The number of aliphatic carboxylic acids is 2. The summed E-state index contributed by atoms with van der Waals surface area (Å²) in [5.41, 5.74) is 6.24. The van der Waals surface area contributed by atoms with Gasteiger partial charge in [0.15, 0.2) is 0 Å². The molecule has 0 spiro atoms. The van der Waals surface area contributed by atoms with Gasteiger partial charge in [-0.15, -0.1) is 0 Å². The van der Waals surface area contributed by atoms with E-state index in [0.29, 0.717) is 12.0 Å². The lowest BCUT2D eigenvalue weighted by atomic mass is 10.0. The van der Waals surface area contributed by atoms with E-state index in [1.165, 1.54) is 11.8 Å². The molecule has 1 saturated heterocycles. The van der Waals surface area contributed by atoms with Crippen LogP contribution in [0.2, 0.25) is 0 Å². The number of aliphatic hydroxyl groups excluding tert-OH is 1. The van der Waals surface area contributed by atoms with Crippen LogP contribution in [0.15, 0.2) is 30.3 Å². The van der Waals surface area contributed by atoms with E-state index < -0.39 is 66.4 Å². The molecular weight excluding hydrogens is 448 g/mol. The quantitative estimate of drug-likeness (QED) is 0.218. The summed E-state index contributed by atoms with van der Waals surface area (Å²) in [7, 11) is 0. The fourth-order valence-electron chi connectivity index (χ4n) is 3.73. The van der Waals surface area contributed by atoms with Crippen molar-refractivity contribution in [2.45, 2.75) is 62.9 Å². The molecule has 0 bridgehead atoms. The zero-order chi connectivity index (χ0) is 25.4. The molecule has 12 nitrogen and oxygen atoms in total. The van der Waals surface area contributed by atoms with Crippen LogP contribution in [0.4, 0.5) is 0 Å². The molecule has 12 heteroatoms. The van der Waals surface area contributed by atoms with E-state index in [0.717, 1.165) is 0 Å². The van der Waals surface area contributed by atoms with Crippen LogP contribution < -0.4 is 16.4 Å². The predicted octanol–water partition coefficient (Wildman–Crippen LogP) is -1.54. The van der Waals surface area contributed by atoms with Gasteiger partial charge in [-0.3, -0.25) is 19.2 Å². The van der Waals surface area contributed by atoms with Crippen LogP contribution >= 0.6 is 0 Å². The Morgan fingerprint density at radius 2 is 1.76 bits per heavy atom. The first kappa shape index (κ1) is 26.7. The molecule has 1 aromatic carbocycles. The summed E-state index contributed by atoms with van der Waals surface area (Å²) >= 11 is 0. The lowest BCUT2D eigenvalue weighted by molar-refractivity contribution is -0.146. The molecule has 1 aliphatic rings. The van der Waals surface area contributed by atoms with Gasteiger partial charge < -0.3 is 36.6 Å². The Morgan fingerprint density at radius 1 is 1.12 bits per heavy atom. The van der Waals surface area contributed by atoms with Crippen LogP contribution in [0.1, 0.15) is 31.7 Å². The van der Waals surface area contributed by atoms with E-state index in [-0.39, 0.29) is 19.4 Å². The summed E-state index contributed by atoms with van der Waals surface area (Å²) in [6, 6.07) is 3.66. The number of hydrogen-bond acceptors (Lipinski definition) is 7. The van der Waals surface area contributed by atoms with Crippen LogP contribution in [0, 0.1) is 0 Å². The molecule has 34 heavy (non-hydrogen) atoms. The Balaban J connectivity index is 2.10. The molecule has 0 radical (unpaired) electrons. The molecule has 186 valence electrons. The van der Waals surface area contributed by atoms with Crippen LogP contribution in [0.5, 0.6) is 0 Å². The Bertz CT molecular complexity index is 907. The molecule has 1 heterocycles. The van der Waals surface area contributed by atoms with Crippen molar-refractivity contribution in [2.24, 2.45) is 5.73 Å². The third kappa shape index (κ3) is 7.25. The minimum Gasteiger partial charge on any atom is -0.481 e. The maximum absolute atomic E-state index is 13.1. The van der Waals surface area contributed by atoms with Crippen molar-refractivity contribution >= 4 is 29.7 Å². The van der Waals surface area contributed by atoms with E-state index in [1.54, 1.807) is 30.3 Å². The smallest absolute Gasteiger partial charge is 0.326 e. The Morgan fingerprint density at radius 3 is 2.32 bits per heavy atom. The van der Waals surface area contributed by atoms with Crippen molar-refractivity contribution in [1.82, 2.24) is 15.5 Å². The minimum atomic E-state index is -1.46. The van der Waals surface area contributed by atoms with Gasteiger partial charge in [0.25, 0.3) is 0 Å². The summed E-state index contributed by atoms with van der Waals surface area (Å²) in [5.74, 6) is -4.88. The van der Waals surface area contributed by atoms with Gasteiger partial charge in [0.2, 0.25) is 17.7 Å². The number of carboxylic acids is 2. The number of nitrogens with zero attached hydrogens (tertiary/aromatic N) is 1. The van der Waals surface area contributed by atoms with Gasteiger partial charge in [0.1, 0.15) is 18.1 Å². The number of amides is 3. The maximum Gasteiger partial charge on any atom is 0.326 e. The van der Waals surface area contributed by atoms with E-state index >= 15 is 0 Å². The van der Waals surface area contributed by atoms with Gasteiger partial charge in [-0.2, -0.15) is 0 Å². The number of rotatable bonds is 11. The fourth-order valence-corrected chi connectivity index (χ4v) is 3.73. The number of benzene rings is 1. The standard InChI is InChI=1S/C22H30N4O8/c1-12(27)18(25-19(30)14(23)11-17(28)29)21(32)26-9-5-8-16(26)20(31)24-15(22(33)34)10-13-6-3-2-4-7-13/h2-4,6-7,12,14-16,18,27H,5,8-11,23H2,1H3,(H,24,31)(H,25,30)(H,28,29)(H,33,34). The Hall–Kier alpha value is -3.51. The molecule has 1 aromatic rings. The molecule has 5 atom stereocenters. The van der Waals surface area contributed by atoms with Gasteiger partial charge in [-0.1, -0.05) is 30.3 Å². The van der Waals surface area contributed by atoms with Crippen LogP contribution in [0.25, 0.3) is 0 Å². The average Bonchev–Trinajstić information content (AvgIpc) is 3.26. The van der Waals surface area contributed by atoms with E-state index in [2.05, 4.69) is 10.6 Å². The zero-order valence-corrected chi connectivity index (χ0v) is 18.7. The zero-order valence-electron chi connectivity index (χ0n) is 18.7. The molecule has 1 fully saturated rings. The lowest BCUT2D eigenvalue weighted by Crippen LogP contribution is -2.59. The average molecular weight is 479 g/mol. The highest BCUT2D eigenvalue weighted by molar-refractivity contribution is 5.95. The molecule has 1 aliphatic heterocycles. The number of hydrogen-bond donors (Lipinski definition) is 6. The molecule has 2 rings (SSSR count). The fraction of sp³-hybridized carbons (Fsp3) is 0.500. The number of aliphatic hydroxyl groups is 1. The van der Waals surface area contributed by atoms with Crippen LogP contribution in [-0.2, 0) is 30.4 Å². The van der Waals surface area contributed by atoms with Crippen molar-refractivity contribution in [2.75, 3.05) is 6.54 Å². The maximum atomic E-state index is 13.1. The molecule has 5 unspecified atom stereocenters. The van der Waals surface area contributed by atoms with E-state index in [4.69, 9.17) is 10.8 Å². The molecule has 0 aromatic heterocycles. The van der Waals surface area contributed by atoms with Gasteiger partial charge in [-0.25, -0.2) is 4.79 Å². The van der Waals surface area contributed by atoms with Crippen molar-refractivity contribution in [3.8, 4) is 0 Å². The summed E-state index contributed by atoms with van der Waals surface area (Å²) in [4.78, 5) is 61.8. The number of carbonyl (C=O) groups excluding carboxylic acids is 3. The number of nitrogens with two attached hydrogens (primary N) is 1. The highest BCUT2D eigenvalue weighted by atomic mass is 16.4. The van der Waals surface area contributed by atoms with Crippen molar-refractivity contribution in [3.05, 3.63) is 35.9 Å². The van der Waals surface area contributed by atoms with Crippen molar-refractivity contribution in [3.63, 3.8) is 0 Å². The van der Waals surface area contributed by atoms with Gasteiger partial charge >= 0.3 is 11.9 Å². The number of carboxylic acid groups (broad SMARTS) is 2. The second-order valence-electron chi connectivity index (χ2n) is 8.21. The third-order valence-corrected chi connectivity index (χ3v) is 5.51. The SMILES string of the molecule is CC(O)C(NC(=O)C(N)CC(=O)O)C(=O)N1CCCC1C(=O)NC(Cc1ccccc1)C(=O)O. The first-order valence-electron chi connectivity index (χ1n) is 10.8. The first-order chi connectivity index (χ1) is 16.0. The van der Waals surface area contributed by atoms with Gasteiger partial charge in [-0.05, 0) is 25.3 Å². The van der Waals surface area contributed by atoms with Crippen LogP contribution in [0.3, 0.4) is 0 Å². The molecular formula is C22H30N4O8. The second-order valence-corrected chi connectivity index (χ2v) is 8.21. The molecule has 0 saturated carbocycles. The monoisotopic (exact) mass is 478 g/mol. The highest BCUT2D eigenvalue weighted by Gasteiger charge is 2.40. The normalized spacial score (nSPS) is 18.9. The van der Waals surface area contributed by atoms with E-state index in [1.807, 2.05) is 0 Å². The first-order valence-corrected chi connectivity index (χ1v) is 10.8. The highest BCUT2D eigenvalue weighted by Crippen LogP contribution is 2.20. The van der Waals surface area contributed by atoms with Crippen molar-refractivity contribution < 1.29 is 39.3 Å². The molecule has 0 aliphatic carbocycles.